The van der Waals surface area contributed by atoms with E-state index in [0.29, 0.717) is 4.31 Å². The van der Waals surface area contributed by atoms with Crippen LogP contribution >= 0.6 is 15.9 Å². The Hall–Kier alpha value is -1.52. The molecule has 3 N–H and O–H groups in total. The summed E-state index contributed by atoms with van der Waals surface area (Å²) < 4.78 is 39.0. The number of halogens is 2. The van der Waals surface area contributed by atoms with E-state index in [1.165, 1.54) is 6.07 Å². The molecule has 1 aromatic rings. The van der Waals surface area contributed by atoms with Gasteiger partial charge in [-0.1, -0.05) is 0 Å². The lowest BCUT2D eigenvalue weighted by Gasteiger charge is -2.25. The summed E-state index contributed by atoms with van der Waals surface area (Å²) in [6.45, 7) is -1.11. The maximum Gasteiger partial charge on any atom is 0.247 e. The summed E-state index contributed by atoms with van der Waals surface area (Å²) in [6, 6.07) is 2.15. The van der Waals surface area contributed by atoms with Crippen LogP contribution in [-0.4, -0.2) is 37.6 Å². The summed E-state index contributed by atoms with van der Waals surface area (Å²) in [5.74, 6) is -2.57. The minimum Gasteiger partial charge on any atom is -0.399 e. The zero-order chi connectivity index (χ0) is 15.1. The molecule has 0 aromatic heterocycles. The second-order valence-corrected chi connectivity index (χ2v) is 6.82. The third kappa shape index (κ3) is 2.67. The first kappa shape index (κ1) is 14.9. The third-order valence-corrected chi connectivity index (χ3v) is 4.92. The van der Waals surface area contributed by atoms with Gasteiger partial charge in [0.2, 0.25) is 21.8 Å². The first-order valence-electron chi connectivity index (χ1n) is 5.29. The minimum atomic E-state index is -4.34. The Kier molecular flexibility index (Phi) is 3.80. The van der Waals surface area contributed by atoms with Crippen molar-refractivity contribution in [3.63, 3.8) is 0 Å². The van der Waals surface area contributed by atoms with Crippen molar-refractivity contribution in [2.45, 2.75) is 4.90 Å². The highest BCUT2D eigenvalue weighted by atomic mass is 79.9. The Morgan fingerprint density at radius 3 is 2.35 bits per heavy atom. The van der Waals surface area contributed by atoms with Gasteiger partial charge >= 0.3 is 0 Å². The van der Waals surface area contributed by atoms with E-state index < -0.39 is 45.6 Å². The summed E-state index contributed by atoms with van der Waals surface area (Å²) in [5.41, 5.74) is 5.52. The maximum atomic E-state index is 13.9. The Morgan fingerprint density at radius 1 is 1.25 bits per heavy atom. The molecule has 10 heteroatoms. The van der Waals surface area contributed by atoms with Crippen molar-refractivity contribution in [3.05, 3.63) is 22.4 Å². The number of benzene rings is 1. The molecule has 0 saturated carbocycles. The highest BCUT2D eigenvalue weighted by Gasteiger charge is 2.35. The maximum absolute atomic E-state index is 13.9. The van der Waals surface area contributed by atoms with Gasteiger partial charge in [0.15, 0.2) is 5.82 Å². The molecular formula is C10H9BrFN3O4S. The number of sulfonamides is 1. The molecule has 0 radical (unpaired) electrons. The second-order valence-electron chi connectivity index (χ2n) is 4.06. The second kappa shape index (κ2) is 5.11. The van der Waals surface area contributed by atoms with Crippen molar-refractivity contribution in [1.29, 1.82) is 0 Å². The SMILES string of the molecule is Nc1cc(Br)c(F)c(S(=O)(=O)N2CC(=O)NC(=O)C2)c1. The van der Waals surface area contributed by atoms with Gasteiger partial charge in [0, 0.05) is 5.69 Å². The Bertz CT molecular complexity index is 691. The molecule has 1 aliphatic heterocycles. The van der Waals surface area contributed by atoms with Crippen molar-refractivity contribution in [2.24, 2.45) is 0 Å². The molecule has 1 fully saturated rings. The quantitative estimate of drug-likeness (QED) is 0.557. The van der Waals surface area contributed by atoms with Crippen LogP contribution in [0.15, 0.2) is 21.5 Å². The van der Waals surface area contributed by atoms with Crippen molar-refractivity contribution in [3.8, 4) is 0 Å². The molecular weight excluding hydrogens is 357 g/mol. The highest BCUT2D eigenvalue weighted by Crippen LogP contribution is 2.28. The molecule has 1 saturated heterocycles. The molecule has 0 bridgehead atoms. The van der Waals surface area contributed by atoms with Gasteiger partial charge in [0.25, 0.3) is 0 Å². The van der Waals surface area contributed by atoms with E-state index >= 15 is 0 Å². The highest BCUT2D eigenvalue weighted by molar-refractivity contribution is 9.10. The predicted molar refractivity (Wildman–Crippen MR) is 70.4 cm³/mol. The number of nitrogens with zero attached hydrogens (tertiary/aromatic N) is 1. The fourth-order valence-corrected chi connectivity index (χ4v) is 3.77. The minimum absolute atomic E-state index is 0.0321. The molecule has 1 aliphatic rings. The fraction of sp³-hybridized carbons (Fsp3) is 0.200. The number of anilines is 1. The van der Waals surface area contributed by atoms with Crippen molar-refractivity contribution in [1.82, 2.24) is 9.62 Å². The van der Waals surface area contributed by atoms with Crippen LogP contribution in [0.2, 0.25) is 0 Å². The predicted octanol–water partition coefficient (Wildman–Crippen LogP) is -0.183. The topological polar surface area (TPSA) is 110 Å². The number of imide groups is 1. The third-order valence-electron chi connectivity index (χ3n) is 2.55. The molecule has 108 valence electrons. The molecule has 1 heterocycles. The number of amides is 2. The van der Waals surface area contributed by atoms with Crippen molar-refractivity contribution >= 4 is 43.5 Å². The number of nitrogens with two attached hydrogens (primary N) is 1. The Morgan fingerprint density at radius 2 is 1.80 bits per heavy atom. The van der Waals surface area contributed by atoms with Crippen molar-refractivity contribution in [2.75, 3.05) is 18.8 Å². The summed E-state index contributed by atoms with van der Waals surface area (Å²) >= 11 is 2.85. The zero-order valence-electron chi connectivity index (χ0n) is 9.89. The van der Waals surface area contributed by atoms with Gasteiger partial charge in [0.1, 0.15) is 4.90 Å². The largest absolute Gasteiger partial charge is 0.399 e. The standard InChI is InChI=1S/C10H9BrFN3O4S/c11-6-1-5(13)2-7(10(6)12)20(18,19)15-3-8(16)14-9(17)4-15/h1-2H,3-4,13H2,(H,14,16,17). The number of hydrogen-bond donors (Lipinski definition) is 2. The molecule has 1 aromatic carbocycles. The average molecular weight is 366 g/mol. The van der Waals surface area contributed by atoms with E-state index in [4.69, 9.17) is 5.73 Å². The first-order chi connectivity index (χ1) is 9.21. The lowest BCUT2D eigenvalue weighted by atomic mass is 10.3. The lowest BCUT2D eigenvalue weighted by Crippen LogP contribution is -2.53. The molecule has 7 nitrogen and oxygen atoms in total. The number of nitrogen functional groups attached to an aromatic ring is 1. The molecule has 0 spiro atoms. The summed E-state index contributed by atoms with van der Waals surface area (Å²) in [4.78, 5) is 21.7. The molecule has 20 heavy (non-hydrogen) atoms. The number of carbonyl (C=O) groups is 2. The molecule has 0 aliphatic carbocycles. The van der Waals surface area contributed by atoms with Crippen LogP contribution in [0.1, 0.15) is 0 Å². The van der Waals surface area contributed by atoms with Crippen molar-refractivity contribution < 1.29 is 22.4 Å². The van der Waals surface area contributed by atoms with Crippen LogP contribution < -0.4 is 11.1 Å². The number of hydrogen-bond acceptors (Lipinski definition) is 5. The Balaban J connectivity index is 2.50. The summed E-state index contributed by atoms with van der Waals surface area (Å²) in [6.07, 6.45) is 0. The smallest absolute Gasteiger partial charge is 0.247 e. The van der Waals surface area contributed by atoms with Gasteiger partial charge in [-0.15, -0.1) is 0 Å². The van der Waals surface area contributed by atoms with Gasteiger partial charge < -0.3 is 5.73 Å². The van der Waals surface area contributed by atoms with Gasteiger partial charge in [-0.05, 0) is 28.1 Å². The van der Waals surface area contributed by atoms with Gasteiger partial charge in [0.05, 0.1) is 17.6 Å². The van der Waals surface area contributed by atoms with Crippen LogP contribution in [0.5, 0.6) is 0 Å². The normalized spacial score (nSPS) is 17.1. The first-order valence-corrected chi connectivity index (χ1v) is 7.52. The van der Waals surface area contributed by atoms with Gasteiger partial charge in [-0.2, -0.15) is 4.31 Å². The van der Waals surface area contributed by atoms with Gasteiger partial charge in [-0.25, -0.2) is 12.8 Å². The monoisotopic (exact) mass is 365 g/mol. The molecule has 0 atom stereocenters. The van der Waals surface area contributed by atoms with Crippen LogP contribution in [0.25, 0.3) is 0 Å². The lowest BCUT2D eigenvalue weighted by molar-refractivity contribution is -0.134. The van der Waals surface area contributed by atoms with Crippen LogP contribution in [0.3, 0.4) is 0 Å². The van der Waals surface area contributed by atoms with E-state index in [2.05, 4.69) is 15.9 Å². The van der Waals surface area contributed by atoms with E-state index in [9.17, 15) is 22.4 Å². The zero-order valence-corrected chi connectivity index (χ0v) is 12.3. The number of piperazine rings is 1. The number of rotatable bonds is 2. The fourth-order valence-electron chi connectivity index (χ4n) is 1.69. The molecule has 2 amide bonds. The van der Waals surface area contributed by atoms with Crippen LogP contribution in [-0.2, 0) is 19.6 Å². The molecule has 2 rings (SSSR count). The number of nitrogens with one attached hydrogen (secondary N) is 1. The van der Waals surface area contributed by atoms with Crippen LogP contribution in [0, 0.1) is 5.82 Å². The summed E-state index contributed by atoms with van der Waals surface area (Å²) in [7, 11) is -4.34. The van der Waals surface area contributed by atoms with E-state index in [0.717, 1.165) is 6.07 Å². The van der Waals surface area contributed by atoms with E-state index in [1.807, 2.05) is 5.32 Å². The average Bonchev–Trinajstić information content (AvgIpc) is 2.32. The van der Waals surface area contributed by atoms with Crippen LogP contribution in [0.4, 0.5) is 10.1 Å². The summed E-state index contributed by atoms with van der Waals surface area (Å²) in [5, 5.41) is 1.96. The van der Waals surface area contributed by atoms with E-state index in [-0.39, 0.29) is 10.2 Å². The van der Waals surface area contributed by atoms with Gasteiger partial charge in [-0.3, -0.25) is 14.9 Å². The Labute approximate surface area is 122 Å². The molecule has 0 unspecified atom stereocenters. The van der Waals surface area contributed by atoms with E-state index in [1.54, 1.807) is 0 Å². The number of carbonyl (C=O) groups excluding carboxylic acids is 2.